The van der Waals surface area contributed by atoms with Gasteiger partial charge in [0.1, 0.15) is 0 Å². The first-order chi connectivity index (χ1) is 16.8. The van der Waals surface area contributed by atoms with Crippen LogP contribution in [-0.4, -0.2) is 52.8 Å². The highest BCUT2D eigenvalue weighted by Crippen LogP contribution is 2.39. The second-order valence-corrected chi connectivity index (χ2v) is 23.6. The van der Waals surface area contributed by atoms with Gasteiger partial charge in [0, 0.05) is 6.61 Å². The van der Waals surface area contributed by atoms with Gasteiger partial charge in [-0.15, -0.1) is 0 Å². The van der Waals surface area contributed by atoms with Gasteiger partial charge in [-0.1, -0.05) is 79.7 Å². The Bertz CT molecular complexity index is 771. The minimum Gasteiger partial charge on any atom is -0.417 e. The predicted octanol–water partition coefficient (Wildman–Crippen LogP) is 8.95. The second-order valence-electron chi connectivity index (χ2n) is 14.1. The molecule has 1 aliphatic heterocycles. The average Bonchev–Trinajstić information content (AvgIpc) is 3.23. The maximum absolute atomic E-state index is 10.8. The molecule has 0 amide bonds. The molecule has 1 rings (SSSR count). The minimum absolute atomic E-state index is 0.0813. The van der Waals surface area contributed by atoms with Crippen LogP contribution < -0.4 is 0 Å². The summed E-state index contributed by atoms with van der Waals surface area (Å²) in [5.41, 5.74) is 2.29. The van der Waals surface area contributed by atoms with Crippen LogP contribution in [0.25, 0.3) is 0 Å². The van der Waals surface area contributed by atoms with E-state index in [1.165, 1.54) is 0 Å². The Labute approximate surface area is 232 Å². The van der Waals surface area contributed by atoms with Crippen molar-refractivity contribution in [2.24, 2.45) is 0 Å². The van der Waals surface area contributed by atoms with Crippen molar-refractivity contribution in [3.8, 4) is 0 Å². The normalized spacial score (nSPS) is 22.0. The number of hydrogen-bond donors (Lipinski definition) is 1. The summed E-state index contributed by atoms with van der Waals surface area (Å²) in [6.45, 7) is 32.3. The molecule has 1 saturated heterocycles. The third-order valence-corrected chi connectivity index (χ3v) is 17.7. The van der Waals surface area contributed by atoms with Gasteiger partial charge < -0.3 is 18.7 Å². The summed E-state index contributed by atoms with van der Waals surface area (Å²) >= 11 is 0. The van der Waals surface area contributed by atoms with Gasteiger partial charge in [-0.3, -0.25) is 0 Å². The van der Waals surface area contributed by atoms with Crippen molar-refractivity contribution in [1.29, 1.82) is 0 Å². The standard InChI is InChI=1S/C31H60O4Si2/c1-14-15-17-24(2)29(35-37(12,13)31(7,8)9)25(3)18-16-19-27(32)28-21-20-26(34-28)22-23-33-36(10,11)30(4,5)6/h16,18-19,26-29,32H,2,14-15,17,20-23H2,1,3-13H3/b19-16+,25-18+/t26-,27-,28-,29+/m1/s1. The van der Waals surface area contributed by atoms with Crippen LogP contribution >= 0.6 is 0 Å². The van der Waals surface area contributed by atoms with E-state index in [0.717, 1.165) is 56.3 Å². The zero-order valence-corrected chi connectivity index (χ0v) is 28.4. The van der Waals surface area contributed by atoms with Crippen molar-refractivity contribution in [1.82, 2.24) is 0 Å². The summed E-state index contributed by atoms with van der Waals surface area (Å²) in [6.07, 6.45) is 11.2. The molecule has 0 aromatic heterocycles. The Morgan fingerprint density at radius 1 is 1.05 bits per heavy atom. The highest BCUT2D eigenvalue weighted by atomic mass is 28.4. The zero-order chi connectivity index (χ0) is 28.7. The van der Waals surface area contributed by atoms with E-state index >= 15 is 0 Å². The summed E-state index contributed by atoms with van der Waals surface area (Å²) in [7, 11) is -3.69. The van der Waals surface area contributed by atoms with Gasteiger partial charge in [-0.25, -0.2) is 0 Å². The average molecular weight is 553 g/mol. The molecule has 216 valence electrons. The van der Waals surface area contributed by atoms with Gasteiger partial charge in [0.05, 0.1) is 24.4 Å². The number of hydrogen-bond acceptors (Lipinski definition) is 4. The minimum atomic E-state index is -1.96. The second kappa shape index (κ2) is 14.2. The van der Waals surface area contributed by atoms with Crippen LogP contribution in [0.15, 0.2) is 36.0 Å². The lowest BCUT2D eigenvalue weighted by atomic mass is 9.99. The summed E-state index contributed by atoms with van der Waals surface area (Å²) < 4.78 is 19.3. The fourth-order valence-corrected chi connectivity index (χ4v) is 6.25. The van der Waals surface area contributed by atoms with Crippen LogP contribution in [-0.2, 0) is 13.6 Å². The lowest BCUT2D eigenvalue weighted by Gasteiger charge is -2.40. The molecular formula is C31H60O4Si2. The van der Waals surface area contributed by atoms with E-state index in [4.69, 9.17) is 13.6 Å². The molecule has 1 fully saturated rings. The summed E-state index contributed by atoms with van der Waals surface area (Å²) in [4.78, 5) is 0. The van der Waals surface area contributed by atoms with Crippen LogP contribution in [0.2, 0.25) is 36.3 Å². The predicted molar refractivity (Wildman–Crippen MR) is 165 cm³/mol. The number of rotatable bonds is 14. The molecule has 6 heteroatoms. The molecule has 0 aliphatic carbocycles. The van der Waals surface area contributed by atoms with Gasteiger partial charge in [0.25, 0.3) is 0 Å². The molecule has 0 aromatic carbocycles. The lowest BCUT2D eigenvalue weighted by Crippen LogP contribution is -2.44. The van der Waals surface area contributed by atoms with E-state index in [-0.39, 0.29) is 28.4 Å². The van der Waals surface area contributed by atoms with Crippen molar-refractivity contribution in [3.63, 3.8) is 0 Å². The van der Waals surface area contributed by atoms with Crippen molar-refractivity contribution in [2.75, 3.05) is 6.61 Å². The van der Waals surface area contributed by atoms with Crippen molar-refractivity contribution < 1.29 is 18.7 Å². The van der Waals surface area contributed by atoms with Crippen molar-refractivity contribution in [2.45, 2.75) is 155 Å². The Morgan fingerprint density at radius 3 is 2.19 bits per heavy atom. The van der Waals surface area contributed by atoms with Gasteiger partial charge in [-0.2, -0.15) is 0 Å². The van der Waals surface area contributed by atoms with Crippen LogP contribution in [0.3, 0.4) is 0 Å². The number of aliphatic hydroxyl groups excluding tert-OH is 1. The lowest BCUT2D eigenvalue weighted by molar-refractivity contribution is -0.0219. The Morgan fingerprint density at radius 2 is 1.65 bits per heavy atom. The molecule has 1 aliphatic rings. The monoisotopic (exact) mass is 552 g/mol. The van der Waals surface area contributed by atoms with Gasteiger partial charge in [-0.05, 0) is 86.4 Å². The molecule has 0 spiro atoms. The zero-order valence-electron chi connectivity index (χ0n) is 26.4. The number of aliphatic hydroxyl groups is 1. The van der Waals surface area contributed by atoms with E-state index in [0.29, 0.717) is 0 Å². The molecule has 37 heavy (non-hydrogen) atoms. The van der Waals surface area contributed by atoms with Crippen molar-refractivity contribution >= 4 is 16.6 Å². The summed E-state index contributed by atoms with van der Waals surface area (Å²) in [5, 5.41) is 11.1. The van der Waals surface area contributed by atoms with Crippen LogP contribution in [0, 0.1) is 0 Å². The number of allylic oxidation sites excluding steroid dienone is 2. The Balaban J connectivity index is 2.75. The molecule has 1 N–H and O–H groups in total. The maximum atomic E-state index is 10.8. The SMILES string of the molecule is C=C(CCCC)[C@H](O[Si](C)(C)C(C)(C)C)/C(C)=C/C=C/[C@@H](O)[C@H]1CC[C@H](CCO[Si](C)(C)C(C)(C)C)O1. The molecule has 4 nitrogen and oxygen atoms in total. The molecule has 0 saturated carbocycles. The number of ether oxygens (including phenoxy) is 1. The van der Waals surface area contributed by atoms with Crippen LogP contribution in [0.5, 0.6) is 0 Å². The highest BCUT2D eigenvalue weighted by molar-refractivity contribution is 6.74. The van der Waals surface area contributed by atoms with E-state index in [9.17, 15) is 5.11 Å². The summed E-state index contributed by atoms with van der Waals surface area (Å²) in [5.74, 6) is 0. The quantitative estimate of drug-likeness (QED) is 0.133. The molecular weight excluding hydrogens is 493 g/mol. The number of unbranched alkanes of at least 4 members (excludes halogenated alkanes) is 1. The highest BCUT2D eigenvalue weighted by Gasteiger charge is 2.40. The van der Waals surface area contributed by atoms with Crippen molar-refractivity contribution in [3.05, 3.63) is 36.0 Å². The Hall–Kier alpha value is -0.506. The van der Waals surface area contributed by atoms with Crippen LogP contribution in [0.4, 0.5) is 0 Å². The van der Waals surface area contributed by atoms with E-state index in [1.54, 1.807) is 0 Å². The van der Waals surface area contributed by atoms with Crippen LogP contribution in [0.1, 0.15) is 93.9 Å². The smallest absolute Gasteiger partial charge is 0.193 e. The molecule has 1 heterocycles. The first kappa shape index (κ1) is 34.5. The largest absolute Gasteiger partial charge is 0.417 e. The fraction of sp³-hybridized carbons (Fsp3) is 0.806. The molecule has 0 radical (unpaired) electrons. The first-order valence-corrected chi connectivity index (χ1v) is 20.3. The van der Waals surface area contributed by atoms with Gasteiger partial charge >= 0.3 is 0 Å². The molecule has 0 unspecified atom stereocenters. The molecule has 0 aromatic rings. The first-order valence-electron chi connectivity index (χ1n) is 14.5. The third kappa shape index (κ3) is 10.9. The van der Waals surface area contributed by atoms with Gasteiger partial charge in [0.2, 0.25) is 0 Å². The van der Waals surface area contributed by atoms with E-state index < -0.39 is 22.7 Å². The Kier molecular flexibility index (Phi) is 13.3. The van der Waals surface area contributed by atoms with Gasteiger partial charge in [0.15, 0.2) is 16.6 Å². The topological polar surface area (TPSA) is 47.9 Å². The van der Waals surface area contributed by atoms with E-state index in [1.807, 2.05) is 12.2 Å². The summed E-state index contributed by atoms with van der Waals surface area (Å²) in [6, 6.07) is 0. The van der Waals surface area contributed by atoms with E-state index in [2.05, 4.69) is 94.2 Å². The molecule has 4 atom stereocenters. The maximum Gasteiger partial charge on any atom is 0.193 e. The molecule has 0 bridgehead atoms. The third-order valence-electron chi connectivity index (χ3n) is 8.75. The fourth-order valence-electron chi connectivity index (χ4n) is 3.90.